The molecule has 27 heavy (non-hydrogen) atoms. The SMILES string of the molecule is C=CC(=O)N1C[C@H](Nc2cnc3[nH]cc(C(=O)NCC)c3n2)[C@](C)(C#N)C1. The molecule has 9 heteroatoms. The van der Waals surface area contributed by atoms with Gasteiger partial charge < -0.3 is 20.5 Å². The van der Waals surface area contributed by atoms with Crippen LogP contribution in [0.25, 0.3) is 11.2 Å². The lowest BCUT2D eigenvalue weighted by Gasteiger charge is -2.23. The van der Waals surface area contributed by atoms with E-state index in [1.807, 2.05) is 6.92 Å². The number of nitriles is 1. The highest BCUT2D eigenvalue weighted by molar-refractivity contribution is 6.04. The maximum atomic E-state index is 12.2. The van der Waals surface area contributed by atoms with E-state index in [-0.39, 0.29) is 17.9 Å². The molecule has 1 saturated heterocycles. The van der Waals surface area contributed by atoms with Crippen LogP contribution in [0.2, 0.25) is 0 Å². The first-order valence-corrected chi connectivity index (χ1v) is 8.63. The van der Waals surface area contributed by atoms with Crippen molar-refractivity contribution in [2.24, 2.45) is 5.41 Å². The molecule has 140 valence electrons. The summed E-state index contributed by atoms with van der Waals surface area (Å²) >= 11 is 0. The van der Waals surface area contributed by atoms with E-state index in [0.29, 0.717) is 42.2 Å². The quantitative estimate of drug-likeness (QED) is 0.678. The Balaban J connectivity index is 1.88. The van der Waals surface area contributed by atoms with E-state index in [4.69, 9.17) is 0 Å². The van der Waals surface area contributed by atoms with Gasteiger partial charge in [0.15, 0.2) is 5.65 Å². The predicted molar refractivity (Wildman–Crippen MR) is 99.8 cm³/mol. The molecule has 2 amide bonds. The molecule has 0 radical (unpaired) electrons. The number of fused-ring (bicyclic) bond motifs is 1. The van der Waals surface area contributed by atoms with Gasteiger partial charge >= 0.3 is 0 Å². The topological polar surface area (TPSA) is 127 Å². The van der Waals surface area contributed by atoms with E-state index >= 15 is 0 Å². The molecule has 3 heterocycles. The van der Waals surface area contributed by atoms with Crippen molar-refractivity contribution in [3.05, 3.63) is 30.6 Å². The van der Waals surface area contributed by atoms with Crippen LogP contribution in [0.3, 0.4) is 0 Å². The molecule has 3 rings (SSSR count). The van der Waals surface area contributed by atoms with Gasteiger partial charge in [-0.05, 0) is 19.9 Å². The third-order valence-corrected chi connectivity index (χ3v) is 4.72. The zero-order chi connectivity index (χ0) is 19.6. The van der Waals surface area contributed by atoms with Crippen LogP contribution in [0.4, 0.5) is 5.82 Å². The first kappa shape index (κ1) is 18.4. The number of anilines is 1. The number of carbonyl (C=O) groups is 2. The molecule has 1 aliphatic rings. The monoisotopic (exact) mass is 367 g/mol. The Morgan fingerprint density at radius 3 is 3.04 bits per heavy atom. The fraction of sp³-hybridized carbons (Fsp3) is 0.389. The summed E-state index contributed by atoms with van der Waals surface area (Å²) < 4.78 is 0. The van der Waals surface area contributed by atoms with Gasteiger partial charge in [0.05, 0.1) is 29.3 Å². The van der Waals surface area contributed by atoms with Gasteiger partial charge in [0.25, 0.3) is 5.91 Å². The predicted octanol–water partition coefficient (Wildman–Crippen LogP) is 1.05. The fourth-order valence-corrected chi connectivity index (χ4v) is 3.18. The van der Waals surface area contributed by atoms with Crippen molar-refractivity contribution in [3.8, 4) is 6.07 Å². The lowest BCUT2D eigenvalue weighted by molar-refractivity contribution is -0.125. The maximum Gasteiger partial charge on any atom is 0.255 e. The molecule has 1 fully saturated rings. The number of likely N-dealkylation sites (tertiary alicyclic amines) is 1. The van der Waals surface area contributed by atoms with Gasteiger partial charge in [0.2, 0.25) is 5.91 Å². The summed E-state index contributed by atoms with van der Waals surface area (Å²) in [4.78, 5) is 37.4. The van der Waals surface area contributed by atoms with Crippen molar-refractivity contribution in [1.82, 2.24) is 25.2 Å². The molecule has 0 aromatic carbocycles. The molecule has 0 aliphatic carbocycles. The number of rotatable bonds is 5. The molecule has 0 unspecified atom stereocenters. The lowest BCUT2D eigenvalue weighted by Crippen LogP contribution is -2.36. The van der Waals surface area contributed by atoms with Crippen molar-refractivity contribution in [1.29, 1.82) is 5.26 Å². The molecule has 2 aromatic heterocycles. The summed E-state index contributed by atoms with van der Waals surface area (Å²) in [6.07, 6.45) is 4.35. The molecule has 1 aliphatic heterocycles. The minimum atomic E-state index is -0.782. The number of aromatic nitrogens is 3. The average molecular weight is 367 g/mol. The van der Waals surface area contributed by atoms with Crippen molar-refractivity contribution in [2.75, 3.05) is 25.0 Å². The Labute approximate surface area is 156 Å². The average Bonchev–Trinajstić information content (AvgIpc) is 3.23. The summed E-state index contributed by atoms with van der Waals surface area (Å²) in [6, 6.07) is 1.96. The standard InChI is InChI=1S/C18H21N7O2/c1-4-14(26)25-8-12(18(3,9-19)10-25)23-13-7-22-16-15(24-13)11(6-21-16)17(27)20-5-2/h4,6-7,12H,1,5,8,10H2,2-3H3,(H,20,27)(H,21,22)(H,23,24)/t12-,18+/m0/s1. The van der Waals surface area contributed by atoms with Gasteiger partial charge in [-0.15, -0.1) is 0 Å². The summed E-state index contributed by atoms with van der Waals surface area (Å²) in [5.74, 6) is -0.0146. The Kier molecular flexibility index (Phi) is 4.81. The third-order valence-electron chi connectivity index (χ3n) is 4.72. The van der Waals surface area contributed by atoms with Gasteiger partial charge in [-0.2, -0.15) is 5.26 Å². The summed E-state index contributed by atoms with van der Waals surface area (Å²) in [5, 5.41) is 15.6. The van der Waals surface area contributed by atoms with Crippen LogP contribution in [0.15, 0.2) is 25.0 Å². The zero-order valence-electron chi connectivity index (χ0n) is 15.2. The molecule has 3 N–H and O–H groups in total. The number of aromatic amines is 1. The normalized spacial score (nSPS) is 21.7. The van der Waals surface area contributed by atoms with Crippen LogP contribution >= 0.6 is 0 Å². The summed E-state index contributed by atoms with van der Waals surface area (Å²) in [5.41, 5.74) is 0.567. The molecule has 2 aromatic rings. The van der Waals surface area contributed by atoms with Crippen molar-refractivity contribution in [2.45, 2.75) is 19.9 Å². The summed E-state index contributed by atoms with van der Waals surface area (Å²) in [6.45, 7) is 8.29. The third kappa shape index (κ3) is 3.33. The minimum absolute atomic E-state index is 0.216. The fourth-order valence-electron chi connectivity index (χ4n) is 3.18. The first-order chi connectivity index (χ1) is 12.9. The van der Waals surface area contributed by atoms with Crippen molar-refractivity contribution in [3.63, 3.8) is 0 Å². The maximum absolute atomic E-state index is 12.2. The Morgan fingerprint density at radius 1 is 1.59 bits per heavy atom. The molecule has 2 atom stereocenters. The number of nitrogens with zero attached hydrogens (tertiary/aromatic N) is 4. The molecular weight excluding hydrogens is 346 g/mol. The van der Waals surface area contributed by atoms with Crippen molar-refractivity contribution < 1.29 is 9.59 Å². The van der Waals surface area contributed by atoms with Gasteiger partial charge in [-0.3, -0.25) is 9.59 Å². The van der Waals surface area contributed by atoms with E-state index in [1.165, 1.54) is 12.3 Å². The van der Waals surface area contributed by atoms with Crippen LogP contribution in [0, 0.1) is 16.7 Å². The van der Waals surface area contributed by atoms with Crippen molar-refractivity contribution >= 4 is 28.8 Å². The van der Waals surface area contributed by atoms with E-state index in [2.05, 4.69) is 38.2 Å². The number of carbonyl (C=O) groups excluding carboxylic acids is 2. The smallest absolute Gasteiger partial charge is 0.255 e. The number of amides is 2. The molecule has 9 nitrogen and oxygen atoms in total. The summed E-state index contributed by atoms with van der Waals surface area (Å²) in [7, 11) is 0. The van der Waals surface area contributed by atoms with Crippen LogP contribution < -0.4 is 10.6 Å². The van der Waals surface area contributed by atoms with Crippen LogP contribution in [0.5, 0.6) is 0 Å². The second kappa shape index (κ2) is 7.07. The number of hydrogen-bond donors (Lipinski definition) is 3. The molecule has 0 bridgehead atoms. The molecule has 0 spiro atoms. The van der Waals surface area contributed by atoms with Gasteiger partial charge in [0, 0.05) is 25.8 Å². The second-order valence-electron chi connectivity index (χ2n) is 6.66. The van der Waals surface area contributed by atoms with E-state index in [1.54, 1.807) is 18.0 Å². The number of H-pyrrole nitrogens is 1. The van der Waals surface area contributed by atoms with Crippen LogP contribution in [-0.2, 0) is 4.79 Å². The molecule has 0 saturated carbocycles. The number of hydrogen-bond acceptors (Lipinski definition) is 6. The highest BCUT2D eigenvalue weighted by atomic mass is 16.2. The highest BCUT2D eigenvalue weighted by Crippen LogP contribution is 2.32. The number of nitrogens with one attached hydrogen (secondary N) is 3. The Morgan fingerprint density at radius 2 is 2.37 bits per heavy atom. The van der Waals surface area contributed by atoms with Gasteiger partial charge in [-0.1, -0.05) is 6.58 Å². The minimum Gasteiger partial charge on any atom is -0.363 e. The highest BCUT2D eigenvalue weighted by Gasteiger charge is 2.45. The molecular formula is C18H21N7O2. The zero-order valence-corrected chi connectivity index (χ0v) is 15.2. The van der Waals surface area contributed by atoms with Crippen LogP contribution in [0.1, 0.15) is 24.2 Å². The second-order valence-corrected chi connectivity index (χ2v) is 6.66. The van der Waals surface area contributed by atoms with E-state index < -0.39 is 5.41 Å². The van der Waals surface area contributed by atoms with E-state index in [9.17, 15) is 14.9 Å². The van der Waals surface area contributed by atoms with E-state index in [0.717, 1.165) is 0 Å². The lowest BCUT2D eigenvalue weighted by atomic mass is 9.87. The first-order valence-electron chi connectivity index (χ1n) is 8.63. The van der Waals surface area contributed by atoms with Crippen LogP contribution in [-0.4, -0.2) is 57.3 Å². The Hall–Kier alpha value is -3.41. The Bertz CT molecular complexity index is 945. The van der Waals surface area contributed by atoms with Gasteiger partial charge in [-0.25, -0.2) is 9.97 Å². The largest absolute Gasteiger partial charge is 0.363 e. The van der Waals surface area contributed by atoms with Gasteiger partial charge in [0.1, 0.15) is 11.3 Å².